The normalized spacial score (nSPS) is 16.4. The lowest BCUT2D eigenvalue weighted by Crippen LogP contribution is -2.40. The molecule has 1 amide bonds. The number of hydrogen-bond acceptors (Lipinski definition) is 2. The standard InChI is InChI=1S/C21H25FN2O/c1-16-5-7-17(8-6-16)20(24-13-3-2-4-14-24)15-23-21(25)18-9-11-19(22)12-10-18/h5-12,20H,2-4,13-15H2,1H3,(H,23,25). The molecule has 1 fully saturated rings. The molecule has 0 radical (unpaired) electrons. The Labute approximate surface area is 148 Å². The van der Waals surface area contributed by atoms with Crippen LogP contribution in [0.5, 0.6) is 0 Å². The van der Waals surface area contributed by atoms with E-state index in [4.69, 9.17) is 0 Å². The van der Waals surface area contributed by atoms with Crippen molar-refractivity contribution < 1.29 is 9.18 Å². The van der Waals surface area contributed by atoms with Gasteiger partial charge in [-0.05, 0) is 62.7 Å². The summed E-state index contributed by atoms with van der Waals surface area (Å²) in [7, 11) is 0. The fraction of sp³-hybridized carbons (Fsp3) is 0.381. The van der Waals surface area contributed by atoms with Gasteiger partial charge in [0.1, 0.15) is 5.82 Å². The van der Waals surface area contributed by atoms with Gasteiger partial charge >= 0.3 is 0 Å². The zero-order chi connectivity index (χ0) is 17.6. The number of amides is 1. The van der Waals surface area contributed by atoms with Crippen LogP contribution in [0.3, 0.4) is 0 Å². The van der Waals surface area contributed by atoms with Crippen LogP contribution in [-0.4, -0.2) is 30.4 Å². The first-order valence-electron chi connectivity index (χ1n) is 8.98. The Kier molecular flexibility index (Phi) is 5.82. The summed E-state index contributed by atoms with van der Waals surface area (Å²) in [6.07, 6.45) is 3.68. The quantitative estimate of drug-likeness (QED) is 0.889. The molecular formula is C21H25FN2O. The molecule has 0 aliphatic carbocycles. The van der Waals surface area contributed by atoms with Gasteiger partial charge in [-0.1, -0.05) is 36.2 Å². The van der Waals surface area contributed by atoms with Crippen molar-refractivity contribution in [1.82, 2.24) is 10.2 Å². The summed E-state index contributed by atoms with van der Waals surface area (Å²) in [5.74, 6) is -0.489. The molecule has 0 aromatic heterocycles. The van der Waals surface area contributed by atoms with Gasteiger partial charge in [0.15, 0.2) is 0 Å². The molecule has 25 heavy (non-hydrogen) atoms. The number of rotatable bonds is 5. The minimum Gasteiger partial charge on any atom is -0.350 e. The summed E-state index contributed by atoms with van der Waals surface area (Å²) < 4.78 is 13.0. The number of nitrogens with zero attached hydrogens (tertiary/aromatic N) is 1. The molecule has 0 bridgehead atoms. The Morgan fingerprint density at radius 3 is 2.32 bits per heavy atom. The van der Waals surface area contributed by atoms with Gasteiger partial charge in [0.2, 0.25) is 0 Å². The molecule has 3 rings (SSSR count). The van der Waals surface area contributed by atoms with Crippen LogP contribution < -0.4 is 5.32 Å². The van der Waals surface area contributed by atoms with E-state index in [2.05, 4.69) is 41.4 Å². The molecule has 1 saturated heterocycles. The lowest BCUT2D eigenvalue weighted by Gasteiger charge is -2.35. The van der Waals surface area contributed by atoms with Crippen LogP contribution in [-0.2, 0) is 0 Å². The van der Waals surface area contributed by atoms with Crippen molar-refractivity contribution in [3.8, 4) is 0 Å². The van der Waals surface area contributed by atoms with Crippen molar-refractivity contribution in [3.63, 3.8) is 0 Å². The van der Waals surface area contributed by atoms with E-state index in [0.717, 1.165) is 13.1 Å². The van der Waals surface area contributed by atoms with E-state index < -0.39 is 0 Å². The third-order valence-corrected chi connectivity index (χ3v) is 4.86. The van der Waals surface area contributed by atoms with Crippen LogP contribution in [0.2, 0.25) is 0 Å². The average molecular weight is 340 g/mol. The second-order valence-electron chi connectivity index (χ2n) is 6.74. The zero-order valence-corrected chi connectivity index (χ0v) is 14.7. The summed E-state index contributed by atoms with van der Waals surface area (Å²) in [5.41, 5.74) is 2.95. The topological polar surface area (TPSA) is 32.3 Å². The Balaban J connectivity index is 1.71. The summed E-state index contributed by atoms with van der Waals surface area (Å²) in [6.45, 7) is 4.76. The van der Waals surface area contributed by atoms with Crippen LogP contribution in [0.4, 0.5) is 4.39 Å². The molecule has 1 unspecified atom stereocenters. The first-order valence-corrected chi connectivity index (χ1v) is 8.98. The van der Waals surface area contributed by atoms with Crippen LogP contribution in [0.15, 0.2) is 48.5 Å². The number of likely N-dealkylation sites (tertiary alicyclic amines) is 1. The van der Waals surface area contributed by atoms with E-state index >= 15 is 0 Å². The SMILES string of the molecule is Cc1ccc(C(CNC(=O)c2ccc(F)cc2)N2CCCCC2)cc1. The molecule has 3 nitrogen and oxygen atoms in total. The molecule has 1 heterocycles. The molecule has 2 aromatic carbocycles. The van der Waals surface area contributed by atoms with Crippen molar-refractivity contribution in [1.29, 1.82) is 0 Å². The number of nitrogens with one attached hydrogen (secondary N) is 1. The van der Waals surface area contributed by atoms with Crippen molar-refractivity contribution in [3.05, 3.63) is 71.0 Å². The minimum absolute atomic E-state index is 0.158. The maximum atomic E-state index is 13.0. The third-order valence-electron chi connectivity index (χ3n) is 4.86. The van der Waals surface area contributed by atoms with Gasteiger partial charge in [-0.3, -0.25) is 9.69 Å². The zero-order valence-electron chi connectivity index (χ0n) is 14.7. The Morgan fingerprint density at radius 1 is 1.04 bits per heavy atom. The fourth-order valence-corrected chi connectivity index (χ4v) is 3.37. The number of hydrogen-bond donors (Lipinski definition) is 1. The second kappa shape index (κ2) is 8.26. The van der Waals surface area contributed by atoms with Gasteiger partial charge in [0.05, 0.1) is 6.04 Å². The van der Waals surface area contributed by atoms with Gasteiger partial charge in [-0.15, -0.1) is 0 Å². The van der Waals surface area contributed by atoms with Gasteiger partial charge in [-0.25, -0.2) is 4.39 Å². The molecule has 1 aliphatic heterocycles. The van der Waals surface area contributed by atoms with E-state index in [0.29, 0.717) is 12.1 Å². The van der Waals surface area contributed by atoms with Crippen LogP contribution in [0.25, 0.3) is 0 Å². The molecule has 1 aliphatic rings. The highest BCUT2D eigenvalue weighted by atomic mass is 19.1. The first kappa shape index (κ1) is 17.6. The Morgan fingerprint density at radius 2 is 1.68 bits per heavy atom. The van der Waals surface area contributed by atoms with Gasteiger partial charge in [-0.2, -0.15) is 0 Å². The van der Waals surface area contributed by atoms with Crippen molar-refractivity contribution in [2.24, 2.45) is 0 Å². The summed E-state index contributed by atoms with van der Waals surface area (Å²) in [5, 5.41) is 3.03. The highest BCUT2D eigenvalue weighted by Crippen LogP contribution is 2.24. The molecule has 132 valence electrons. The van der Waals surface area contributed by atoms with Crippen molar-refractivity contribution in [2.75, 3.05) is 19.6 Å². The Bertz CT molecular complexity index is 691. The van der Waals surface area contributed by atoms with E-state index in [1.807, 2.05) is 0 Å². The molecule has 0 saturated carbocycles. The van der Waals surface area contributed by atoms with Gasteiger partial charge in [0.25, 0.3) is 5.91 Å². The second-order valence-corrected chi connectivity index (χ2v) is 6.74. The van der Waals surface area contributed by atoms with Gasteiger partial charge in [0, 0.05) is 12.1 Å². The van der Waals surface area contributed by atoms with Crippen molar-refractivity contribution >= 4 is 5.91 Å². The number of benzene rings is 2. The summed E-state index contributed by atoms with van der Waals surface area (Å²) >= 11 is 0. The highest BCUT2D eigenvalue weighted by Gasteiger charge is 2.23. The number of halogens is 1. The summed E-state index contributed by atoms with van der Waals surface area (Å²) in [6, 6.07) is 14.4. The molecule has 0 spiro atoms. The predicted molar refractivity (Wildman–Crippen MR) is 98.1 cm³/mol. The average Bonchev–Trinajstić information content (AvgIpc) is 2.64. The smallest absolute Gasteiger partial charge is 0.251 e. The third kappa shape index (κ3) is 4.67. The van der Waals surface area contributed by atoms with E-state index in [9.17, 15) is 9.18 Å². The maximum absolute atomic E-state index is 13.0. The number of carbonyl (C=O) groups is 1. The predicted octanol–water partition coefficient (Wildman–Crippen LogP) is 4.09. The molecule has 1 N–H and O–H groups in total. The van der Waals surface area contributed by atoms with E-state index in [1.165, 1.54) is 54.7 Å². The van der Waals surface area contributed by atoms with Gasteiger partial charge < -0.3 is 5.32 Å². The monoisotopic (exact) mass is 340 g/mol. The highest BCUT2D eigenvalue weighted by molar-refractivity contribution is 5.94. The lowest BCUT2D eigenvalue weighted by molar-refractivity contribution is 0.0924. The molecule has 4 heteroatoms. The summed E-state index contributed by atoms with van der Waals surface area (Å²) in [4.78, 5) is 14.8. The van der Waals surface area contributed by atoms with Crippen LogP contribution in [0, 0.1) is 12.7 Å². The largest absolute Gasteiger partial charge is 0.350 e. The van der Waals surface area contributed by atoms with E-state index in [-0.39, 0.29) is 17.8 Å². The van der Waals surface area contributed by atoms with Crippen LogP contribution in [0.1, 0.15) is 46.8 Å². The molecular weight excluding hydrogens is 315 g/mol. The van der Waals surface area contributed by atoms with Crippen LogP contribution >= 0.6 is 0 Å². The van der Waals surface area contributed by atoms with Crippen molar-refractivity contribution in [2.45, 2.75) is 32.2 Å². The molecule has 1 atom stereocenters. The number of carbonyl (C=O) groups excluding carboxylic acids is 1. The Hall–Kier alpha value is -2.20. The molecule has 2 aromatic rings. The minimum atomic E-state index is -0.331. The lowest BCUT2D eigenvalue weighted by atomic mass is 10.0. The maximum Gasteiger partial charge on any atom is 0.251 e. The number of piperidine rings is 1. The number of aryl methyl sites for hydroxylation is 1. The fourth-order valence-electron chi connectivity index (χ4n) is 3.37. The first-order chi connectivity index (χ1) is 12.1. The van der Waals surface area contributed by atoms with E-state index in [1.54, 1.807) is 0 Å².